The second-order valence-electron chi connectivity index (χ2n) is 4.47. The van der Waals surface area contributed by atoms with Crippen LogP contribution in [0.3, 0.4) is 0 Å². The molecule has 2 amide bonds. The minimum absolute atomic E-state index is 0. The monoisotopic (exact) mass is 315 g/mol. The number of nitrogens with two attached hydrogens (primary N) is 1. The van der Waals surface area contributed by atoms with E-state index in [9.17, 15) is 9.59 Å². The highest BCUT2D eigenvalue weighted by Crippen LogP contribution is 2.18. The molecule has 0 saturated heterocycles. The minimum Gasteiger partial charge on any atom is -0.380 e. The number of anilines is 1. The predicted molar refractivity (Wildman–Crippen MR) is 84.9 cm³/mol. The number of rotatable bonds is 6. The number of benzene rings is 1. The van der Waals surface area contributed by atoms with Gasteiger partial charge in [0.25, 0.3) is 5.91 Å². The lowest BCUT2D eigenvalue weighted by Gasteiger charge is -2.14. The molecule has 1 rings (SSSR count). The Bertz CT molecular complexity index is 490. The van der Waals surface area contributed by atoms with Gasteiger partial charge in [-0.25, -0.2) is 0 Å². The third kappa shape index (κ3) is 5.71. The van der Waals surface area contributed by atoms with E-state index in [-0.39, 0.29) is 43.3 Å². The number of halogens is 1. The molecule has 1 atom stereocenters. The van der Waals surface area contributed by atoms with Crippen LogP contribution in [0, 0.1) is 6.92 Å². The number of ether oxygens (including phenoxy) is 1. The molecule has 6 nitrogen and oxygen atoms in total. The zero-order chi connectivity index (χ0) is 15.1. The summed E-state index contributed by atoms with van der Waals surface area (Å²) < 4.78 is 5.06. The van der Waals surface area contributed by atoms with E-state index < -0.39 is 0 Å². The van der Waals surface area contributed by atoms with E-state index >= 15 is 0 Å². The van der Waals surface area contributed by atoms with Crippen molar-refractivity contribution in [3.05, 3.63) is 29.3 Å². The van der Waals surface area contributed by atoms with Crippen molar-refractivity contribution in [2.75, 3.05) is 26.0 Å². The van der Waals surface area contributed by atoms with Crippen LogP contribution in [0.15, 0.2) is 18.2 Å². The number of carbonyl (C=O) groups is 2. The number of carbonyl (C=O) groups excluding carboxylic acids is 2. The molecule has 0 fully saturated rings. The van der Waals surface area contributed by atoms with Crippen LogP contribution in [-0.4, -0.2) is 38.6 Å². The molecule has 1 aromatic carbocycles. The van der Waals surface area contributed by atoms with Crippen LogP contribution in [0.5, 0.6) is 0 Å². The van der Waals surface area contributed by atoms with Crippen LogP contribution in [0.1, 0.15) is 22.3 Å². The highest BCUT2D eigenvalue weighted by Gasteiger charge is 2.15. The Labute approximate surface area is 130 Å². The lowest BCUT2D eigenvalue weighted by molar-refractivity contribution is -0.118. The van der Waals surface area contributed by atoms with E-state index in [2.05, 4.69) is 10.6 Å². The summed E-state index contributed by atoms with van der Waals surface area (Å²) in [6, 6.07) is 5.27. The summed E-state index contributed by atoms with van der Waals surface area (Å²) in [6.07, 6.45) is -0.183. The topological polar surface area (TPSA) is 93.5 Å². The second kappa shape index (κ2) is 9.33. The van der Waals surface area contributed by atoms with Crippen molar-refractivity contribution >= 4 is 29.9 Å². The molecule has 1 aromatic rings. The van der Waals surface area contributed by atoms with E-state index in [0.717, 1.165) is 5.56 Å². The highest BCUT2D eigenvalue weighted by atomic mass is 35.5. The largest absolute Gasteiger partial charge is 0.380 e. The fourth-order valence-electron chi connectivity index (χ4n) is 1.76. The van der Waals surface area contributed by atoms with Gasteiger partial charge in [-0.05, 0) is 19.1 Å². The van der Waals surface area contributed by atoms with Gasteiger partial charge in [-0.1, -0.05) is 11.6 Å². The molecule has 0 aliphatic heterocycles. The van der Waals surface area contributed by atoms with Crippen molar-refractivity contribution < 1.29 is 14.3 Å². The van der Waals surface area contributed by atoms with Crippen molar-refractivity contribution in [2.45, 2.75) is 19.4 Å². The summed E-state index contributed by atoms with van der Waals surface area (Å²) in [5.74, 6) is -0.484. The SMILES string of the molecule is CNC(=O)c1cc(C)ccc1NC(=O)CC(CN)OC.Cl. The molecule has 0 heterocycles. The smallest absolute Gasteiger partial charge is 0.253 e. The van der Waals surface area contributed by atoms with Crippen LogP contribution in [0.4, 0.5) is 5.69 Å². The van der Waals surface area contributed by atoms with Gasteiger partial charge in [-0.2, -0.15) is 0 Å². The Morgan fingerprint density at radius 1 is 1.38 bits per heavy atom. The molecule has 0 aromatic heterocycles. The average Bonchev–Trinajstić information content (AvgIpc) is 2.45. The molecular weight excluding hydrogens is 294 g/mol. The molecule has 7 heteroatoms. The molecule has 1 unspecified atom stereocenters. The number of methoxy groups -OCH3 is 1. The van der Waals surface area contributed by atoms with E-state index in [1.165, 1.54) is 7.11 Å². The molecule has 0 radical (unpaired) electrons. The number of amides is 2. The maximum absolute atomic E-state index is 11.9. The van der Waals surface area contributed by atoms with Crippen LogP contribution in [-0.2, 0) is 9.53 Å². The summed E-state index contributed by atoms with van der Waals surface area (Å²) >= 11 is 0. The highest BCUT2D eigenvalue weighted by molar-refractivity contribution is 6.03. The number of hydrogen-bond donors (Lipinski definition) is 3. The molecule has 0 saturated carbocycles. The minimum atomic E-state index is -0.330. The quantitative estimate of drug-likeness (QED) is 0.732. The summed E-state index contributed by atoms with van der Waals surface area (Å²) in [7, 11) is 3.05. The zero-order valence-electron chi connectivity index (χ0n) is 12.4. The Morgan fingerprint density at radius 2 is 2.05 bits per heavy atom. The van der Waals surface area contributed by atoms with E-state index in [1.807, 2.05) is 13.0 Å². The number of nitrogens with one attached hydrogen (secondary N) is 2. The van der Waals surface area contributed by atoms with E-state index in [1.54, 1.807) is 19.2 Å². The van der Waals surface area contributed by atoms with Gasteiger partial charge in [-0.3, -0.25) is 9.59 Å². The van der Waals surface area contributed by atoms with Crippen LogP contribution < -0.4 is 16.4 Å². The normalized spacial score (nSPS) is 11.2. The van der Waals surface area contributed by atoms with Crippen molar-refractivity contribution in [2.24, 2.45) is 5.73 Å². The lowest BCUT2D eigenvalue weighted by atomic mass is 10.1. The van der Waals surface area contributed by atoms with Crippen molar-refractivity contribution in [1.29, 1.82) is 0 Å². The maximum atomic E-state index is 11.9. The maximum Gasteiger partial charge on any atom is 0.253 e. The molecule has 0 bridgehead atoms. The third-order valence-corrected chi connectivity index (χ3v) is 2.93. The van der Waals surface area contributed by atoms with Crippen molar-refractivity contribution in [3.63, 3.8) is 0 Å². The number of aryl methyl sites for hydroxylation is 1. The Kier molecular flexibility index (Phi) is 8.61. The Morgan fingerprint density at radius 3 is 2.57 bits per heavy atom. The van der Waals surface area contributed by atoms with Gasteiger partial charge in [-0.15, -0.1) is 12.4 Å². The first-order chi connectivity index (χ1) is 9.51. The van der Waals surface area contributed by atoms with Crippen LogP contribution >= 0.6 is 12.4 Å². The predicted octanol–water partition coefficient (Wildman–Crippen LogP) is 1.08. The van der Waals surface area contributed by atoms with Gasteiger partial charge in [0.15, 0.2) is 0 Å². The first-order valence-corrected chi connectivity index (χ1v) is 6.37. The summed E-state index contributed by atoms with van der Waals surface area (Å²) in [5, 5.41) is 5.27. The van der Waals surface area contributed by atoms with Crippen LogP contribution in [0.25, 0.3) is 0 Å². The Balaban J connectivity index is 0.00000400. The van der Waals surface area contributed by atoms with E-state index in [0.29, 0.717) is 11.3 Å². The van der Waals surface area contributed by atoms with Gasteiger partial charge in [0.05, 0.1) is 23.8 Å². The molecule has 0 aliphatic rings. The number of hydrogen-bond acceptors (Lipinski definition) is 4. The fraction of sp³-hybridized carbons (Fsp3) is 0.429. The summed E-state index contributed by atoms with van der Waals surface area (Å²) in [5.41, 5.74) is 7.33. The fourth-order valence-corrected chi connectivity index (χ4v) is 1.76. The lowest BCUT2D eigenvalue weighted by Crippen LogP contribution is -2.29. The van der Waals surface area contributed by atoms with Gasteiger partial charge >= 0.3 is 0 Å². The summed E-state index contributed by atoms with van der Waals surface area (Å²) in [6.45, 7) is 2.15. The van der Waals surface area contributed by atoms with Gasteiger partial charge in [0, 0.05) is 20.7 Å². The summed E-state index contributed by atoms with van der Waals surface area (Å²) in [4.78, 5) is 23.7. The van der Waals surface area contributed by atoms with Gasteiger partial charge in [0.1, 0.15) is 0 Å². The Hall–Kier alpha value is -1.63. The molecule has 4 N–H and O–H groups in total. The average molecular weight is 316 g/mol. The molecule has 118 valence electrons. The molecule has 0 spiro atoms. The third-order valence-electron chi connectivity index (χ3n) is 2.93. The van der Waals surface area contributed by atoms with Crippen molar-refractivity contribution in [3.8, 4) is 0 Å². The standard InChI is InChI=1S/C14H21N3O3.ClH/c1-9-4-5-12(11(6-9)14(19)16-2)17-13(18)7-10(8-15)20-3;/h4-6,10H,7-8,15H2,1-3H3,(H,16,19)(H,17,18);1H. The van der Waals surface area contributed by atoms with E-state index in [4.69, 9.17) is 10.5 Å². The van der Waals surface area contributed by atoms with Gasteiger partial charge < -0.3 is 21.1 Å². The first-order valence-electron chi connectivity index (χ1n) is 6.37. The zero-order valence-corrected chi connectivity index (χ0v) is 13.3. The first kappa shape index (κ1) is 19.4. The van der Waals surface area contributed by atoms with Crippen molar-refractivity contribution in [1.82, 2.24) is 5.32 Å². The molecule has 21 heavy (non-hydrogen) atoms. The van der Waals surface area contributed by atoms with Crippen LogP contribution in [0.2, 0.25) is 0 Å². The second-order valence-corrected chi connectivity index (χ2v) is 4.47. The molecule has 0 aliphatic carbocycles. The molecular formula is C14H22ClN3O3. The van der Waals surface area contributed by atoms with Gasteiger partial charge in [0.2, 0.25) is 5.91 Å².